The van der Waals surface area contributed by atoms with Crippen LogP contribution in [0.5, 0.6) is 5.75 Å². The van der Waals surface area contributed by atoms with E-state index in [1.807, 2.05) is 39.0 Å². The Morgan fingerprint density at radius 3 is 2.70 bits per heavy atom. The number of halogens is 1. The van der Waals surface area contributed by atoms with Crippen LogP contribution in [0, 0.1) is 13.8 Å². The van der Waals surface area contributed by atoms with Crippen LogP contribution in [0.4, 0.5) is 0 Å². The molecule has 1 atom stereocenters. The van der Waals surface area contributed by atoms with Gasteiger partial charge in [0.15, 0.2) is 0 Å². The Bertz CT molecular complexity index is 424. The molecule has 0 radical (unpaired) electrons. The van der Waals surface area contributed by atoms with Gasteiger partial charge in [-0.15, -0.1) is 12.4 Å². The van der Waals surface area contributed by atoms with Crippen LogP contribution in [0.15, 0.2) is 18.2 Å². The minimum Gasteiger partial charge on any atom is -0.492 e. The van der Waals surface area contributed by atoms with Gasteiger partial charge in [0.05, 0.1) is 0 Å². The standard InChI is InChI=1S/C15H23NO3.ClH/c1-4-5-13(15(17)18)16-8-9-19-14-10-11(2)6-7-12(14)3;/h6-7,10,13,16H,4-5,8-9H2,1-3H3,(H,17,18);1H. The van der Waals surface area contributed by atoms with E-state index in [4.69, 9.17) is 9.84 Å². The molecular formula is C15H24ClNO3. The summed E-state index contributed by atoms with van der Waals surface area (Å²) >= 11 is 0. The van der Waals surface area contributed by atoms with Crippen LogP contribution >= 0.6 is 12.4 Å². The first-order valence-corrected chi connectivity index (χ1v) is 6.70. The molecule has 0 saturated heterocycles. The highest BCUT2D eigenvalue weighted by Crippen LogP contribution is 2.18. The highest BCUT2D eigenvalue weighted by atomic mass is 35.5. The van der Waals surface area contributed by atoms with Gasteiger partial charge in [0.1, 0.15) is 18.4 Å². The van der Waals surface area contributed by atoms with Gasteiger partial charge in [-0.1, -0.05) is 25.5 Å². The Morgan fingerprint density at radius 1 is 1.40 bits per heavy atom. The number of aliphatic carboxylic acids is 1. The molecule has 0 aliphatic rings. The molecule has 5 heteroatoms. The average molecular weight is 302 g/mol. The number of aryl methyl sites for hydroxylation is 2. The van der Waals surface area contributed by atoms with Gasteiger partial charge in [-0.05, 0) is 37.5 Å². The lowest BCUT2D eigenvalue weighted by Gasteiger charge is -2.14. The lowest BCUT2D eigenvalue weighted by molar-refractivity contribution is -0.139. The molecule has 114 valence electrons. The van der Waals surface area contributed by atoms with Crippen LogP contribution in [0.1, 0.15) is 30.9 Å². The summed E-state index contributed by atoms with van der Waals surface area (Å²) in [5.41, 5.74) is 2.25. The van der Waals surface area contributed by atoms with E-state index < -0.39 is 12.0 Å². The Kier molecular flexibility index (Phi) is 9.01. The van der Waals surface area contributed by atoms with Crippen molar-refractivity contribution in [2.45, 2.75) is 39.7 Å². The van der Waals surface area contributed by atoms with Crippen molar-refractivity contribution in [2.75, 3.05) is 13.2 Å². The fourth-order valence-corrected chi connectivity index (χ4v) is 1.86. The highest BCUT2D eigenvalue weighted by molar-refractivity contribution is 5.85. The van der Waals surface area contributed by atoms with Crippen LogP contribution in [0.3, 0.4) is 0 Å². The van der Waals surface area contributed by atoms with E-state index in [1.54, 1.807) is 0 Å². The molecule has 0 spiro atoms. The van der Waals surface area contributed by atoms with Crippen LogP contribution in [0.2, 0.25) is 0 Å². The Hall–Kier alpha value is -1.26. The smallest absolute Gasteiger partial charge is 0.320 e. The van der Waals surface area contributed by atoms with E-state index >= 15 is 0 Å². The number of carboxylic acid groups (broad SMARTS) is 1. The third kappa shape index (κ3) is 6.26. The summed E-state index contributed by atoms with van der Waals surface area (Å²) in [5, 5.41) is 12.0. The van der Waals surface area contributed by atoms with Gasteiger partial charge in [0.25, 0.3) is 0 Å². The van der Waals surface area contributed by atoms with Crippen molar-refractivity contribution in [1.29, 1.82) is 0 Å². The quantitative estimate of drug-likeness (QED) is 0.725. The third-order valence-corrected chi connectivity index (χ3v) is 2.97. The number of rotatable bonds is 8. The zero-order chi connectivity index (χ0) is 14.3. The Balaban J connectivity index is 0.00000361. The predicted octanol–water partition coefficient (Wildman–Crippen LogP) is 2.95. The van der Waals surface area contributed by atoms with Crippen molar-refractivity contribution in [2.24, 2.45) is 0 Å². The molecule has 1 rings (SSSR count). The van der Waals surface area contributed by atoms with Gasteiger partial charge < -0.3 is 15.2 Å². The van der Waals surface area contributed by atoms with Gasteiger partial charge in [-0.2, -0.15) is 0 Å². The first-order chi connectivity index (χ1) is 9.04. The van der Waals surface area contributed by atoms with E-state index in [9.17, 15) is 4.79 Å². The van der Waals surface area contributed by atoms with Crippen LogP contribution in [-0.4, -0.2) is 30.3 Å². The molecule has 4 nitrogen and oxygen atoms in total. The number of hydrogen-bond acceptors (Lipinski definition) is 3. The summed E-state index contributed by atoms with van der Waals surface area (Å²) < 4.78 is 5.67. The molecule has 0 amide bonds. The molecule has 0 aliphatic heterocycles. The number of carboxylic acids is 1. The average Bonchev–Trinajstić information content (AvgIpc) is 2.36. The van der Waals surface area contributed by atoms with Gasteiger partial charge in [0.2, 0.25) is 0 Å². The topological polar surface area (TPSA) is 58.6 Å². The normalized spacial score (nSPS) is 11.6. The molecule has 0 saturated carbocycles. The van der Waals surface area contributed by atoms with Gasteiger partial charge in [-0.3, -0.25) is 4.79 Å². The van der Waals surface area contributed by atoms with E-state index in [1.165, 1.54) is 0 Å². The second-order valence-electron chi connectivity index (χ2n) is 4.75. The molecule has 0 aliphatic carbocycles. The second kappa shape index (κ2) is 9.61. The molecule has 1 aromatic carbocycles. The number of hydrogen-bond donors (Lipinski definition) is 2. The fourth-order valence-electron chi connectivity index (χ4n) is 1.86. The molecule has 0 aromatic heterocycles. The van der Waals surface area contributed by atoms with Crippen molar-refractivity contribution in [3.05, 3.63) is 29.3 Å². The van der Waals surface area contributed by atoms with E-state index in [0.717, 1.165) is 23.3 Å². The van der Waals surface area contributed by atoms with Crippen molar-refractivity contribution >= 4 is 18.4 Å². The summed E-state index contributed by atoms with van der Waals surface area (Å²) in [6, 6.07) is 5.58. The summed E-state index contributed by atoms with van der Waals surface area (Å²) in [5.74, 6) is 0.0674. The van der Waals surface area contributed by atoms with Gasteiger partial charge in [0, 0.05) is 6.54 Å². The first-order valence-electron chi connectivity index (χ1n) is 6.70. The van der Waals surface area contributed by atoms with Gasteiger partial charge in [-0.25, -0.2) is 0 Å². The molecule has 20 heavy (non-hydrogen) atoms. The maximum absolute atomic E-state index is 10.9. The lowest BCUT2D eigenvalue weighted by atomic mass is 10.1. The maximum atomic E-state index is 10.9. The highest BCUT2D eigenvalue weighted by Gasteiger charge is 2.14. The SMILES string of the molecule is CCCC(NCCOc1cc(C)ccc1C)C(=O)O.Cl. The third-order valence-electron chi connectivity index (χ3n) is 2.97. The predicted molar refractivity (Wildman–Crippen MR) is 83.0 cm³/mol. The summed E-state index contributed by atoms with van der Waals surface area (Å²) in [6.45, 7) is 7.00. The number of nitrogens with one attached hydrogen (secondary N) is 1. The molecule has 1 aromatic rings. The molecular weight excluding hydrogens is 278 g/mol. The zero-order valence-electron chi connectivity index (χ0n) is 12.3. The lowest BCUT2D eigenvalue weighted by Crippen LogP contribution is -2.38. The second-order valence-corrected chi connectivity index (χ2v) is 4.75. The van der Waals surface area contributed by atoms with Crippen molar-refractivity contribution in [3.8, 4) is 5.75 Å². The number of benzene rings is 1. The van der Waals surface area contributed by atoms with Crippen molar-refractivity contribution in [3.63, 3.8) is 0 Å². The Labute approximate surface area is 126 Å². The maximum Gasteiger partial charge on any atom is 0.320 e. The van der Waals surface area contributed by atoms with Gasteiger partial charge >= 0.3 is 5.97 Å². The van der Waals surface area contributed by atoms with E-state index in [0.29, 0.717) is 19.6 Å². The monoisotopic (exact) mass is 301 g/mol. The minimum atomic E-state index is -0.798. The van der Waals surface area contributed by atoms with E-state index in [2.05, 4.69) is 5.32 Å². The number of carbonyl (C=O) groups is 1. The van der Waals surface area contributed by atoms with E-state index in [-0.39, 0.29) is 12.4 Å². The molecule has 1 unspecified atom stereocenters. The molecule has 0 bridgehead atoms. The number of ether oxygens (including phenoxy) is 1. The Morgan fingerprint density at radius 2 is 2.10 bits per heavy atom. The summed E-state index contributed by atoms with van der Waals surface area (Å²) in [4.78, 5) is 10.9. The van der Waals surface area contributed by atoms with Crippen LogP contribution < -0.4 is 10.1 Å². The largest absolute Gasteiger partial charge is 0.492 e. The summed E-state index contributed by atoms with van der Waals surface area (Å²) in [6.07, 6.45) is 1.49. The molecule has 0 fully saturated rings. The first kappa shape index (κ1) is 18.7. The van der Waals surface area contributed by atoms with Crippen molar-refractivity contribution < 1.29 is 14.6 Å². The zero-order valence-corrected chi connectivity index (χ0v) is 13.1. The van der Waals surface area contributed by atoms with Crippen LogP contribution in [0.25, 0.3) is 0 Å². The molecule has 0 heterocycles. The fraction of sp³-hybridized carbons (Fsp3) is 0.533. The minimum absolute atomic E-state index is 0. The van der Waals surface area contributed by atoms with Crippen LogP contribution in [-0.2, 0) is 4.79 Å². The summed E-state index contributed by atoms with van der Waals surface area (Å²) in [7, 11) is 0. The van der Waals surface area contributed by atoms with Crippen molar-refractivity contribution in [1.82, 2.24) is 5.32 Å². The molecule has 2 N–H and O–H groups in total.